The van der Waals surface area contributed by atoms with Gasteiger partial charge in [0.1, 0.15) is 11.4 Å². The van der Waals surface area contributed by atoms with Crippen LogP contribution in [0.4, 0.5) is 23.5 Å². The van der Waals surface area contributed by atoms with E-state index in [1.54, 1.807) is 0 Å². The zero-order chi connectivity index (χ0) is 19.6. The Bertz CT molecular complexity index is 770. The Labute approximate surface area is 153 Å². The lowest BCUT2D eigenvalue weighted by molar-refractivity contribution is -0.169. The third-order valence-electron chi connectivity index (χ3n) is 4.94. The fourth-order valence-corrected chi connectivity index (χ4v) is 3.38. The summed E-state index contributed by atoms with van der Waals surface area (Å²) in [6, 6.07) is 0.889. The molecule has 2 unspecified atom stereocenters. The second-order valence-corrected chi connectivity index (χ2v) is 6.91. The SMILES string of the molecule is Nc1ncc2c(F)cc(C(C3CCC3)C(F)(F)F)n2n1.OC1CCCOC1. The first-order chi connectivity index (χ1) is 12.8. The van der Waals surface area contributed by atoms with E-state index in [2.05, 4.69) is 10.1 Å². The Morgan fingerprint density at radius 3 is 2.48 bits per heavy atom. The van der Waals surface area contributed by atoms with E-state index < -0.39 is 23.8 Å². The van der Waals surface area contributed by atoms with Crippen LogP contribution < -0.4 is 5.73 Å². The summed E-state index contributed by atoms with van der Waals surface area (Å²) in [4.78, 5) is 3.61. The van der Waals surface area contributed by atoms with Gasteiger partial charge in [-0.1, -0.05) is 6.42 Å². The third-order valence-corrected chi connectivity index (χ3v) is 4.94. The number of hydrogen-bond donors (Lipinski definition) is 2. The molecule has 0 bridgehead atoms. The second kappa shape index (κ2) is 7.97. The van der Waals surface area contributed by atoms with Crippen LogP contribution in [0.1, 0.15) is 43.7 Å². The minimum Gasteiger partial charge on any atom is -0.391 e. The summed E-state index contributed by atoms with van der Waals surface area (Å²) in [6.45, 7) is 1.37. The maximum atomic E-state index is 13.8. The summed E-state index contributed by atoms with van der Waals surface area (Å²) in [6.07, 6.45) is 0.135. The molecule has 1 aliphatic carbocycles. The van der Waals surface area contributed by atoms with Crippen LogP contribution in [-0.2, 0) is 4.74 Å². The van der Waals surface area contributed by atoms with Crippen molar-refractivity contribution >= 4 is 11.5 Å². The molecule has 2 aromatic heterocycles. The summed E-state index contributed by atoms with van der Waals surface area (Å²) in [5, 5.41) is 12.5. The quantitative estimate of drug-likeness (QED) is 0.770. The number of ether oxygens (including phenoxy) is 1. The molecule has 6 nitrogen and oxygen atoms in total. The number of nitrogens with two attached hydrogens (primary N) is 1. The molecule has 0 amide bonds. The van der Waals surface area contributed by atoms with Gasteiger partial charge in [0.05, 0.1) is 24.6 Å². The number of aromatic nitrogens is 3. The monoisotopic (exact) mass is 390 g/mol. The number of nitrogens with zero attached hydrogens (tertiary/aromatic N) is 3. The first-order valence-electron chi connectivity index (χ1n) is 8.89. The number of anilines is 1. The Morgan fingerprint density at radius 1 is 1.26 bits per heavy atom. The van der Waals surface area contributed by atoms with Crippen molar-refractivity contribution < 1.29 is 27.4 Å². The first-order valence-corrected chi connectivity index (χ1v) is 8.89. The van der Waals surface area contributed by atoms with Gasteiger partial charge in [0, 0.05) is 6.61 Å². The minimum absolute atomic E-state index is 0.0947. The molecule has 1 saturated heterocycles. The summed E-state index contributed by atoms with van der Waals surface area (Å²) >= 11 is 0. The van der Waals surface area contributed by atoms with Crippen LogP contribution in [0.25, 0.3) is 5.52 Å². The van der Waals surface area contributed by atoms with Crippen molar-refractivity contribution in [3.63, 3.8) is 0 Å². The van der Waals surface area contributed by atoms with Gasteiger partial charge in [-0.05, 0) is 37.7 Å². The summed E-state index contributed by atoms with van der Waals surface area (Å²) in [5.41, 5.74) is 5.09. The number of hydrogen-bond acceptors (Lipinski definition) is 5. The van der Waals surface area contributed by atoms with Crippen molar-refractivity contribution in [2.45, 2.75) is 50.3 Å². The van der Waals surface area contributed by atoms with Crippen molar-refractivity contribution in [2.75, 3.05) is 18.9 Å². The van der Waals surface area contributed by atoms with Gasteiger partial charge in [0.2, 0.25) is 5.95 Å². The highest BCUT2D eigenvalue weighted by molar-refractivity contribution is 5.50. The highest BCUT2D eigenvalue weighted by atomic mass is 19.4. The van der Waals surface area contributed by atoms with Crippen LogP contribution in [0.5, 0.6) is 0 Å². The van der Waals surface area contributed by atoms with Gasteiger partial charge in [-0.25, -0.2) is 13.9 Å². The predicted octanol–water partition coefficient (Wildman–Crippen LogP) is 3.05. The topological polar surface area (TPSA) is 85.7 Å². The standard InChI is InChI=1S/C12H12F4N4.C5H10O2/c13-7-4-8(20-9(7)5-18-11(17)19-20)10(12(14,15)16)6-2-1-3-6;6-5-2-1-3-7-4-5/h4-6,10H,1-3H2,(H2,17,19);5-6H,1-4H2. The third kappa shape index (κ3) is 4.49. The smallest absolute Gasteiger partial charge is 0.391 e. The predicted molar refractivity (Wildman–Crippen MR) is 89.6 cm³/mol. The number of halogens is 4. The molecular formula is C17H22F4N4O2. The van der Waals surface area contributed by atoms with Crippen molar-refractivity contribution in [3.8, 4) is 0 Å². The van der Waals surface area contributed by atoms with Gasteiger partial charge in [-0.15, -0.1) is 5.10 Å². The number of alkyl halides is 3. The Hall–Kier alpha value is -1.94. The summed E-state index contributed by atoms with van der Waals surface area (Å²) in [5.74, 6) is -3.20. The van der Waals surface area contributed by atoms with Gasteiger partial charge >= 0.3 is 6.18 Å². The highest BCUT2D eigenvalue weighted by Crippen LogP contribution is 2.48. The maximum absolute atomic E-state index is 13.8. The van der Waals surface area contributed by atoms with Gasteiger partial charge in [0.15, 0.2) is 5.82 Å². The van der Waals surface area contributed by atoms with E-state index in [9.17, 15) is 17.6 Å². The molecule has 2 aromatic rings. The zero-order valence-electron chi connectivity index (χ0n) is 14.6. The Balaban J connectivity index is 0.000000253. The molecule has 0 radical (unpaired) electrons. The number of nitrogen functional groups attached to an aromatic ring is 1. The Morgan fingerprint density at radius 2 is 2.00 bits per heavy atom. The number of aliphatic hydroxyl groups is 1. The van der Waals surface area contributed by atoms with E-state index in [-0.39, 0.29) is 23.3 Å². The molecule has 2 aliphatic rings. The van der Waals surface area contributed by atoms with E-state index in [1.807, 2.05) is 0 Å². The second-order valence-electron chi connectivity index (χ2n) is 6.91. The minimum atomic E-state index is -4.44. The lowest BCUT2D eigenvalue weighted by Crippen LogP contribution is -2.33. The molecule has 1 aliphatic heterocycles. The molecule has 4 rings (SSSR count). The summed E-state index contributed by atoms with van der Waals surface area (Å²) < 4.78 is 59.5. The molecule has 2 atom stereocenters. The first kappa shape index (κ1) is 19.8. The lowest BCUT2D eigenvalue weighted by Gasteiger charge is -2.34. The lowest BCUT2D eigenvalue weighted by atomic mass is 9.74. The van der Waals surface area contributed by atoms with E-state index in [4.69, 9.17) is 15.6 Å². The average Bonchev–Trinajstić information content (AvgIpc) is 2.86. The van der Waals surface area contributed by atoms with Crippen LogP contribution in [0.15, 0.2) is 12.3 Å². The van der Waals surface area contributed by atoms with Crippen molar-refractivity contribution in [2.24, 2.45) is 5.92 Å². The molecular weight excluding hydrogens is 368 g/mol. The van der Waals surface area contributed by atoms with Gasteiger partial charge < -0.3 is 15.6 Å². The largest absolute Gasteiger partial charge is 0.397 e. The van der Waals surface area contributed by atoms with Gasteiger partial charge in [0.25, 0.3) is 0 Å². The van der Waals surface area contributed by atoms with Gasteiger partial charge in [-0.2, -0.15) is 13.2 Å². The zero-order valence-corrected chi connectivity index (χ0v) is 14.6. The molecule has 10 heteroatoms. The van der Waals surface area contributed by atoms with E-state index >= 15 is 0 Å². The molecule has 150 valence electrons. The van der Waals surface area contributed by atoms with Crippen LogP contribution in [-0.4, -0.2) is 45.2 Å². The van der Waals surface area contributed by atoms with Crippen molar-refractivity contribution in [1.82, 2.24) is 14.6 Å². The Kier molecular flexibility index (Phi) is 5.85. The molecule has 0 spiro atoms. The normalized spacial score (nSPS) is 22.0. The molecule has 0 aromatic carbocycles. The van der Waals surface area contributed by atoms with Crippen molar-refractivity contribution in [1.29, 1.82) is 0 Å². The number of aliphatic hydroxyl groups excluding tert-OH is 1. The van der Waals surface area contributed by atoms with Gasteiger partial charge in [-0.3, -0.25) is 0 Å². The van der Waals surface area contributed by atoms with Crippen LogP contribution in [0, 0.1) is 11.7 Å². The molecule has 27 heavy (non-hydrogen) atoms. The van der Waals surface area contributed by atoms with E-state index in [0.29, 0.717) is 19.4 Å². The van der Waals surface area contributed by atoms with Crippen molar-refractivity contribution in [3.05, 3.63) is 23.8 Å². The van der Waals surface area contributed by atoms with E-state index in [0.717, 1.165) is 42.6 Å². The molecule has 3 heterocycles. The molecule has 3 N–H and O–H groups in total. The number of fused-ring (bicyclic) bond motifs is 1. The molecule has 1 saturated carbocycles. The highest BCUT2D eigenvalue weighted by Gasteiger charge is 2.49. The van der Waals surface area contributed by atoms with Crippen LogP contribution >= 0.6 is 0 Å². The van der Waals surface area contributed by atoms with Crippen LogP contribution in [0.2, 0.25) is 0 Å². The van der Waals surface area contributed by atoms with Crippen LogP contribution in [0.3, 0.4) is 0 Å². The van der Waals surface area contributed by atoms with E-state index in [1.165, 1.54) is 0 Å². The molecule has 2 fully saturated rings. The maximum Gasteiger partial charge on any atom is 0.397 e. The fraction of sp³-hybridized carbons (Fsp3) is 0.647. The average molecular weight is 390 g/mol. The summed E-state index contributed by atoms with van der Waals surface area (Å²) in [7, 11) is 0. The fourth-order valence-electron chi connectivity index (χ4n) is 3.38. The number of rotatable bonds is 2.